The van der Waals surface area contributed by atoms with E-state index in [2.05, 4.69) is 47.1 Å². The number of aromatic nitrogens is 4. The molecule has 2 heterocycles. The van der Waals surface area contributed by atoms with E-state index in [1.165, 1.54) is 50.3 Å². The van der Waals surface area contributed by atoms with E-state index in [9.17, 15) is 18.4 Å². The molecule has 4 aromatic rings. The highest BCUT2D eigenvalue weighted by atomic mass is 79.9. The van der Waals surface area contributed by atoms with E-state index in [1.807, 2.05) is 24.1 Å². The molecule has 0 bridgehead atoms. The minimum atomic E-state index is -0.990. The highest BCUT2D eigenvalue weighted by Crippen LogP contribution is 2.27. The summed E-state index contributed by atoms with van der Waals surface area (Å²) < 4.78 is 30.7. The maximum Gasteiger partial charge on any atom is 0.356 e. The predicted molar refractivity (Wildman–Crippen MR) is 183 cm³/mol. The van der Waals surface area contributed by atoms with Crippen LogP contribution in [0.1, 0.15) is 83.5 Å². The number of carboxylic acid groups (broad SMARTS) is 1. The van der Waals surface area contributed by atoms with Crippen molar-refractivity contribution in [2.45, 2.75) is 76.5 Å². The van der Waals surface area contributed by atoms with Gasteiger partial charge in [-0.25, -0.2) is 23.5 Å². The maximum absolute atomic E-state index is 13.4. The molecule has 2 aliphatic rings. The number of carboxylic acids is 1. The fraction of sp³-hybridized carbons (Fsp3) is 0.412. The Labute approximate surface area is 290 Å². The van der Waals surface area contributed by atoms with Crippen molar-refractivity contribution in [3.8, 4) is 0 Å². The average molecular weight is 779 g/mol. The van der Waals surface area contributed by atoms with Gasteiger partial charge in [0.05, 0.1) is 21.6 Å². The molecule has 252 valence electrons. The first kappa shape index (κ1) is 36.4. The highest BCUT2D eigenvalue weighted by Gasteiger charge is 2.28. The zero-order valence-electron chi connectivity index (χ0n) is 26.5. The summed E-state index contributed by atoms with van der Waals surface area (Å²) in [5.74, 6) is -1.54. The number of rotatable bonds is 8. The van der Waals surface area contributed by atoms with Crippen LogP contribution in [0, 0.1) is 11.6 Å². The van der Waals surface area contributed by atoms with E-state index >= 15 is 0 Å². The van der Waals surface area contributed by atoms with Crippen molar-refractivity contribution in [3.05, 3.63) is 105 Å². The highest BCUT2D eigenvalue weighted by molar-refractivity contribution is 9.10. The van der Waals surface area contributed by atoms with Crippen LogP contribution in [0.5, 0.6) is 0 Å². The van der Waals surface area contributed by atoms with Crippen LogP contribution >= 0.6 is 31.9 Å². The lowest BCUT2D eigenvalue weighted by molar-refractivity contribution is 0.0656. The monoisotopic (exact) mass is 776 g/mol. The molecule has 0 spiro atoms. The molecule has 2 fully saturated rings. The lowest BCUT2D eigenvalue weighted by atomic mass is 10.1. The minimum absolute atomic E-state index is 0.0575. The first-order chi connectivity index (χ1) is 22.5. The molecular formula is C34H40Br2F2N6O3. The average Bonchev–Trinajstić information content (AvgIpc) is 3.88. The van der Waals surface area contributed by atoms with Crippen LogP contribution < -0.4 is 5.32 Å². The molecule has 0 unspecified atom stereocenters. The standard InChI is InChI=1S/C17H19BrFN3O.C12H15BrFN.C5H6N2O2/c1-21-10-16(20-11-21)17(23)22(13-4-2-3-5-13)9-12-6-7-15(19)14(18)8-12;13-11-7-9(5-6-12(11)14)8-15-10-3-1-2-4-10;1-7-2-4(5(8)9)6-3-7/h6-8,10-11,13H,2-5,9H2,1H3;5-7,10,15H,1-4,8H2;2-3H,1H3,(H,8,9). The third-order valence-electron chi connectivity index (χ3n) is 8.15. The fourth-order valence-electron chi connectivity index (χ4n) is 5.65. The summed E-state index contributed by atoms with van der Waals surface area (Å²) in [6, 6.07) is 11.0. The van der Waals surface area contributed by atoms with Gasteiger partial charge in [-0.05, 0) is 92.9 Å². The van der Waals surface area contributed by atoms with E-state index < -0.39 is 5.97 Å². The number of carbonyl (C=O) groups is 2. The second-order valence-electron chi connectivity index (χ2n) is 11.9. The Morgan fingerprint density at radius 1 is 0.851 bits per heavy atom. The molecule has 6 rings (SSSR count). The summed E-state index contributed by atoms with van der Waals surface area (Å²) in [6.45, 7) is 1.31. The van der Waals surface area contributed by atoms with Gasteiger partial charge in [-0.2, -0.15) is 0 Å². The number of carbonyl (C=O) groups excluding carboxylic acids is 1. The summed E-state index contributed by atoms with van der Waals surface area (Å²) in [5, 5.41) is 11.8. The Morgan fingerprint density at radius 3 is 1.85 bits per heavy atom. The zero-order chi connectivity index (χ0) is 33.9. The number of nitrogens with zero attached hydrogens (tertiary/aromatic N) is 5. The van der Waals surface area contributed by atoms with Gasteiger partial charge < -0.3 is 24.5 Å². The number of halogens is 4. The molecule has 1 amide bonds. The van der Waals surface area contributed by atoms with Crippen LogP contribution in [-0.4, -0.2) is 53.1 Å². The number of aryl methyl sites for hydroxylation is 2. The Bertz CT molecular complexity index is 1630. The van der Waals surface area contributed by atoms with Crippen LogP contribution in [0.3, 0.4) is 0 Å². The molecule has 2 aliphatic carbocycles. The Balaban J connectivity index is 0.000000178. The third-order valence-corrected chi connectivity index (χ3v) is 9.36. The number of hydrogen-bond acceptors (Lipinski definition) is 5. The molecule has 2 saturated carbocycles. The van der Waals surface area contributed by atoms with Gasteiger partial charge in [0.15, 0.2) is 5.69 Å². The van der Waals surface area contributed by atoms with Crippen LogP contribution in [0.15, 0.2) is 70.4 Å². The van der Waals surface area contributed by atoms with Crippen molar-refractivity contribution < 1.29 is 23.5 Å². The fourth-order valence-corrected chi connectivity index (χ4v) is 6.51. The minimum Gasteiger partial charge on any atom is -0.476 e. The largest absolute Gasteiger partial charge is 0.476 e. The van der Waals surface area contributed by atoms with E-state index in [4.69, 9.17) is 5.11 Å². The Hall–Kier alpha value is -3.42. The van der Waals surface area contributed by atoms with Gasteiger partial charge in [-0.1, -0.05) is 37.8 Å². The molecule has 0 radical (unpaired) electrons. The molecule has 0 atom stereocenters. The summed E-state index contributed by atoms with van der Waals surface area (Å²) in [7, 11) is 3.57. The third kappa shape index (κ3) is 11.1. The summed E-state index contributed by atoms with van der Waals surface area (Å²) in [6.07, 6.45) is 15.8. The molecule has 0 saturated heterocycles. The molecular weight excluding hydrogens is 738 g/mol. The van der Waals surface area contributed by atoms with E-state index in [-0.39, 0.29) is 29.3 Å². The molecule has 0 aliphatic heterocycles. The normalized spacial score (nSPS) is 14.7. The summed E-state index contributed by atoms with van der Waals surface area (Å²) in [4.78, 5) is 32.7. The van der Waals surface area contributed by atoms with E-state index in [1.54, 1.807) is 40.8 Å². The first-order valence-electron chi connectivity index (χ1n) is 15.6. The number of aromatic carboxylic acids is 1. The van der Waals surface area contributed by atoms with Gasteiger partial charge in [0, 0.05) is 51.7 Å². The maximum atomic E-state index is 13.4. The molecule has 2 aromatic heterocycles. The van der Waals surface area contributed by atoms with Gasteiger partial charge in [-0.3, -0.25) is 4.79 Å². The van der Waals surface area contributed by atoms with E-state index in [0.29, 0.717) is 27.2 Å². The number of amides is 1. The smallest absolute Gasteiger partial charge is 0.356 e. The molecule has 2 N–H and O–H groups in total. The van der Waals surface area contributed by atoms with Crippen LogP contribution in [0.2, 0.25) is 0 Å². The van der Waals surface area contributed by atoms with Crippen LogP contribution in [0.4, 0.5) is 8.78 Å². The summed E-state index contributed by atoms with van der Waals surface area (Å²) in [5.41, 5.74) is 2.59. The van der Waals surface area contributed by atoms with Gasteiger partial charge >= 0.3 is 5.97 Å². The van der Waals surface area contributed by atoms with Crippen molar-refractivity contribution in [3.63, 3.8) is 0 Å². The van der Waals surface area contributed by atoms with Crippen molar-refractivity contribution in [2.24, 2.45) is 14.1 Å². The quantitative estimate of drug-likeness (QED) is 0.191. The SMILES string of the molecule is Cn1cnc(C(=O)N(Cc2ccc(F)c(Br)c2)C2CCCC2)c1.Cn1cnc(C(=O)O)c1.Fc1ccc(CNC2CCCC2)cc1Br. The van der Waals surface area contributed by atoms with Gasteiger partial charge in [0.25, 0.3) is 5.91 Å². The topological polar surface area (TPSA) is 105 Å². The molecule has 9 nitrogen and oxygen atoms in total. The van der Waals surface area contributed by atoms with Crippen molar-refractivity contribution >= 4 is 43.7 Å². The van der Waals surface area contributed by atoms with Gasteiger partial charge in [0.2, 0.25) is 0 Å². The second kappa shape index (κ2) is 17.7. The van der Waals surface area contributed by atoms with Gasteiger partial charge in [-0.15, -0.1) is 0 Å². The summed E-state index contributed by atoms with van der Waals surface area (Å²) >= 11 is 6.41. The van der Waals surface area contributed by atoms with Gasteiger partial charge in [0.1, 0.15) is 17.3 Å². The number of nitrogens with one attached hydrogen (secondary N) is 1. The van der Waals surface area contributed by atoms with Crippen molar-refractivity contribution in [1.29, 1.82) is 0 Å². The first-order valence-corrected chi connectivity index (χ1v) is 17.2. The Morgan fingerprint density at radius 2 is 1.36 bits per heavy atom. The molecule has 13 heteroatoms. The van der Waals surface area contributed by atoms with Crippen molar-refractivity contribution in [1.82, 2.24) is 29.3 Å². The number of hydrogen-bond donors (Lipinski definition) is 2. The zero-order valence-corrected chi connectivity index (χ0v) is 29.7. The Kier molecular flexibility index (Phi) is 13.7. The lowest BCUT2D eigenvalue weighted by Gasteiger charge is -2.28. The van der Waals surface area contributed by atoms with Crippen LogP contribution in [-0.2, 0) is 27.2 Å². The molecule has 2 aromatic carbocycles. The number of benzene rings is 2. The predicted octanol–water partition coefficient (Wildman–Crippen LogP) is 7.65. The molecule has 47 heavy (non-hydrogen) atoms. The lowest BCUT2D eigenvalue weighted by Crippen LogP contribution is -2.38. The van der Waals surface area contributed by atoms with Crippen molar-refractivity contribution in [2.75, 3.05) is 0 Å². The van der Waals surface area contributed by atoms with Crippen LogP contribution in [0.25, 0.3) is 0 Å². The number of imidazole rings is 2. The second-order valence-corrected chi connectivity index (χ2v) is 13.6. The van der Waals surface area contributed by atoms with E-state index in [0.717, 1.165) is 43.4 Å².